The maximum atomic E-state index is 10.4. The van der Waals surface area contributed by atoms with E-state index in [0.29, 0.717) is 5.56 Å². The van der Waals surface area contributed by atoms with Gasteiger partial charge in [-0.2, -0.15) is 0 Å². The zero-order valence-electron chi connectivity index (χ0n) is 5.81. The Morgan fingerprint density at radius 2 is 1.91 bits per heavy atom. The third-order valence-electron chi connectivity index (χ3n) is 1.37. The van der Waals surface area contributed by atoms with Gasteiger partial charge in [0.2, 0.25) is 5.78 Å². The highest BCUT2D eigenvalue weighted by atomic mass is 31.1. The predicted molar refractivity (Wildman–Crippen MR) is 41.0 cm³/mol. The summed E-state index contributed by atoms with van der Waals surface area (Å²) in [7, 11) is -2.56. The maximum Gasteiger partial charge on any atom is 0.332 e. The Hall–Kier alpha value is -0.760. The van der Waals surface area contributed by atoms with Gasteiger partial charge in [0.05, 0.1) is 0 Å². The summed E-state index contributed by atoms with van der Waals surface area (Å²) < 4.78 is 10.4. The Morgan fingerprint density at radius 3 is 2.36 bits per heavy atom. The fourth-order valence-electron chi connectivity index (χ4n) is 0.772. The van der Waals surface area contributed by atoms with Crippen molar-refractivity contribution in [3.05, 3.63) is 35.9 Å². The number of rotatable bonds is 2. The lowest BCUT2D eigenvalue weighted by Crippen LogP contribution is -2.09. The Balaban J connectivity index is 2.85. The average molecular weight is 169 g/mol. The highest BCUT2D eigenvalue weighted by molar-refractivity contribution is 7.36. The monoisotopic (exact) mass is 169 g/mol. The molecule has 0 fully saturated rings. The third-order valence-corrected chi connectivity index (χ3v) is 2.12. The Morgan fingerprint density at radius 1 is 1.36 bits per heavy atom. The van der Waals surface area contributed by atoms with Gasteiger partial charge in [0.1, 0.15) is 0 Å². The number of hydrogen-bond donors (Lipinski definition) is 1. The quantitative estimate of drug-likeness (QED) is 0.664. The van der Waals surface area contributed by atoms with Crippen LogP contribution in [0.25, 0.3) is 0 Å². The first-order chi connectivity index (χ1) is 5.22. The van der Waals surface area contributed by atoms with E-state index in [9.17, 15) is 9.46 Å². The molecular weight excluding hydrogens is 161 g/mol. The van der Waals surface area contributed by atoms with E-state index in [-0.39, 0.29) is 0 Å². The lowest BCUT2D eigenvalue weighted by molar-refractivity contribution is -0.166. The molecule has 2 unspecified atom stereocenters. The van der Waals surface area contributed by atoms with Gasteiger partial charge in [-0.25, -0.2) is 0 Å². The fraction of sp³-hybridized carbons (Fsp3) is 0.143. The van der Waals surface area contributed by atoms with Crippen LogP contribution < -0.4 is 10.6 Å². The molecule has 2 atom stereocenters. The van der Waals surface area contributed by atoms with Crippen molar-refractivity contribution in [3.63, 3.8) is 0 Å². The zero-order valence-corrected chi connectivity index (χ0v) is 6.70. The molecule has 0 heterocycles. The maximum absolute atomic E-state index is 10.4. The molecule has 0 amide bonds. The largest absolute Gasteiger partial charge is 0.594 e. The molecule has 0 aliphatic rings. The summed E-state index contributed by atoms with van der Waals surface area (Å²) in [5.74, 6) is -0.869. The number of benzene rings is 1. The summed E-state index contributed by atoms with van der Waals surface area (Å²) in [6, 6.07) is 8.71. The minimum Gasteiger partial charge on any atom is -0.594 e. The van der Waals surface area contributed by atoms with Crippen LogP contribution in [0.1, 0.15) is 11.3 Å². The van der Waals surface area contributed by atoms with Crippen LogP contribution in [0, 0.1) is 0 Å². The molecule has 1 aromatic carbocycles. The van der Waals surface area contributed by atoms with Crippen LogP contribution in [0.4, 0.5) is 0 Å². The molecule has 1 rings (SSSR count). The van der Waals surface area contributed by atoms with Gasteiger partial charge < -0.3 is 4.89 Å². The minimum atomic E-state index is -2.56. The predicted octanol–water partition coefficient (Wildman–Crippen LogP) is 0.747. The van der Waals surface area contributed by atoms with Crippen molar-refractivity contribution >= 4 is 8.03 Å². The zero-order chi connectivity index (χ0) is 8.27. The Labute approximate surface area is 65.7 Å². The van der Waals surface area contributed by atoms with E-state index >= 15 is 0 Å². The lowest BCUT2D eigenvalue weighted by atomic mass is 10.2. The molecule has 0 spiro atoms. The van der Waals surface area contributed by atoms with Crippen LogP contribution in [-0.4, -0.2) is 0 Å². The van der Waals surface area contributed by atoms with Gasteiger partial charge in [0.25, 0.3) is 0 Å². The summed E-state index contributed by atoms with van der Waals surface area (Å²) in [5.41, 5.74) is 5.97. The van der Waals surface area contributed by atoms with Crippen molar-refractivity contribution in [2.24, 2.45) is 5.73 Å². The second-order valence-corrected chi connectivity index (χ2v) is 3.27. The first-order valence-corrected chi connectivity index (χ1v) is 4.40. The Kier molecular flexibility index (Phi) is 2.71. The molecule has 58 valence electrons. The van der Waals surface area contributed by atoms with Gasteiger partial charge in [-0.05, 0) is 0 Å². The highest BCUT2D eigenvalue weighted by Gasteiger charge is 2.16. The molecule has 4 heteroatoms. The third kappa shape index (κ3) is 2.09. The van der Waals surface area contributed by atoms with Crippen LogP contribution in [0.5, 0.6) is 0 Å². The molecule has 0 saturated heterocycles. The topological polar surface area (TPSA) is 66.2 Å². The highest BCUT2D eigenvalue weighted by Crippen LogP contribution is 2.28. The van der Waals surface area contributed by atoms with Crippen molar-refractivity contribution in [1.82, 2.24) is 0 Å². The van der Waals surface area contributed by atoms with E-state index in [4.69, 9.17) is 5.73 Å². The fourth-order valence-corrected chi connectivity index (χ4v) is 1.19. The molecule has 3 nitrogen and oxygen atoms in total. The van der Waals surface area contributed by atoms with Crippen molar-refractivity contribution in [2.45, 2.75) is 5.78 Å². The minimum absolute atomic E-state index is 0.628. The van der Waals surface area contributed by atoms with Crippen molar-refractivity contribution in [3.8, 4) is 0 Å². The molecule has 0 aliphatic carbocycles. The molecule has 0 aromatic heterocycles. The molecular formula is C7H8NO2P. The van der Waals surface area contributed by atoms with Gasteiger partial charge in [0.15, 0.2) is 0 Å². The smallest absolute Gasteiger partial charge is 0.332 e. The van der Waals surface area contributed by atoms with E-state index in [1.807, 2.05) is 6.07 Å². The van der Waals surface area contributed by atoms with Gasteiger partial charge in [0, 0.05) is 5.56 Å². The first kappa shape index (κ1) is 8.34. The molecule has 2 N–H and O–H groups in total. The summed E-state index contributed by atoms with van der Waals surface area (Å²) in [4.78, 5) is 10.4. The molecule has 0 bridgehead atoms. The van der Waals surface area contributed by atoms with Crippen LogP contribution in [-0.2, 0) is 4.57 Å². The molecule has 0 saturated carbocycles. The van der Waals surface area contributed by atoms with Gasteiger partial charge in [-0.1, -0.05) is 34.9 Å². The van der Waals surface area contributed by atoms with E-state index in [2.05, 4.69) is 0 Å². The molecule has 11 heavy (non-hydrogen) atoms. The molecule has 1 aromatic rings. The SMILES string of the molecule is NC(c1ccccc1)[P+](=O)[O-]. The number of nitrogens with two attached hydrogens (primary N) is 1. The summed E-state index contributed by atoms with van der Waals surface area (Å²) in [6.45, 7) is 0. The van der Waals surface area contributed by atoms with Crippen LogP contribution >= 0.6 is 8.03 Å². The van der Waals surface area contributed by atoms with E-state index < -0.39 is 13.8 Å². The van der Waals surface area contributed by atoms with E-state index in [0.717, 1.165) is 0 Å². The normalized spacial score (nSPS) is 14.2. The lowest BCUT2D eigenvalue weighted by Gasteiger charge is -2.00. The van der Waals surface area contributed by atoms with Crippen molar-refractivity contribution < 1.29 is 9.46 Å². The van der Waals surface area contributed by atoms with E-state index in [1.165, 1.54) is 0 Å². The second kappa shape index (κ2) is 3.58. The Bertz CT molecular complexity index is 250. The van der Waals surface area contributed by atoms with Crippen LogP contribution in [0.2, 0.25) is 0 Å². The van der Waals surface area contributed by atoms with Gasteiger partial charge in [-0.3, -0.25) is 5.73 Å². The van der Waals surface area contributed by atoms with Crippen LogP contribution in [0.15, 0.2) is 30.3 Å². The summed E-state index contributed by atoms with van der Waals surface area (Å²) in [6.07, 6.45) is 0. The second-order valence-electron chi connectivity index (χ2n) is 2.14. The van der Waals surface area contributed by atoms with Gasteiger partial charge in [-0.15, -0.1) is 0 Å². The standard InChI is InChI=1S/C7H8NO2P/c8-7(11(9)10)6-4-2-1-3-5-6/h1-5,7H,8H2. The molecule has 0 radical (unpaired) electrons. The average Bonchev–Trinajstić information content (AvgIpc) is 2.05. The number of hydrogen-bond acceptors (Lipinski definition) is 3. The first-order valence-electron chi connectivity index (χ1n) is 3.16. The summed E-state index contributed by atoms with van der Waals surface area (Å²) in [5, 5.41) is 0. The van der Waals surface area contributed by atoms with Crippen LogP contribution in [0.3, 0.4) is 0 Å². The van der Waals surface area contributed by atoms with Gasteiger partial charge >= 0.3 is 8.03 Å². The van der Waals surface area contributed by atoms with E-state index in [1.54, 1.807) is 24.3 Å². The van der Waals surface area contributed by atoms with Crippen molar-refractivity contribution in [1.29, 1.82) is 0 Å². The van der Waals surface area contributed by atoms with Crippen molar-refractivity contribution in [2.75, 3.05) is 0 Å². The summed E-state index contributed by atoms with van der Waals surface area (Å²) >= 11 is 0. The molecule has 0 aliphatic heterocycles.